The quantitative estimate of drug-likeness (QED) is 0.664. The Bertz CT molecular complexity index is 736. The minimum Gasteiger partial charge on any atom is -0.399 e. The first-order valence-electron chi connectivity index (χ1n) is 5.34. The second-order valence-corrected chi connectivity index (χ2v) is 5.28. The lowest BCUT2D eigenvalue weighted by Gasteiger charge is -2.05. The first-order chi connectivity index (χ1) is 8.66. The number of thiophene rings is 1. The van der Waals surface area contributed by atoms with Gasteiger partial charge in [0.1, 0.15) is 5.82 Å². The van der Waals surface area contributed by atoms with Crippen LogP contribution in [0, 0.1) is 0 Å². The molecule has 18 heavy (non-hydrogen) atoms. The van der Waals surface area contributed by atoms with E-state index in [0.717, 1.165) is 21.2 Å². The molecule has 0 aliphatic carbocycles. The molecule has 2 aromatic heterocycles. The van der Waals surface area contributed by atoms with E-state index in [1.807, 2.05) is 23.6 Å². The predicted molar refractivity (Wildman–Crippen MR) is 78.9 cm³/mol. The zero-order valence-corrected chi connectivity index (χ0v) is 10.9. The largest absolute Gasteiger partial charge is 0.399 e. The van der Waals surface area contributed by atoms with E-state index in [2.05, 4.69) is 4.98 Å². The van der Waals surface area contributed by atoms with Gasteiger partial charge in [-0.05, 0) is 23.6 Å². The molecule has 0 spiro atoms. The van der Waals surface area contributed by atoms with Crippen molar-refractivity contribution < 1.29 is 0 Å². The third-order valence-electron chi connectivity index (χ3n) is 2.80. The topological polar surface area (TPSA) is 64.9 Å². The van der Waals surface area contributed by atoms with Crippen molar-refractivity contribution in [2.75, 3.05) is 11.5 Å². The monoisotopic (exact) mass is 275 g/mol. The Labute approximate surface area is 113 Å². The number of nitrogens with two attached hydrogens (primary N) is 2. The average molecular weight is 276 g/mol. The molecule has 0 saturated carbocycles. The van der Waals surface area contributed by atoms with Crippen molar-refractivity contribution >= 4 is 44.5 Å². The maximum Gasteiger partial charge on any atom is 0.132 e. The molecule has 0 unspecified atom stereocenters. The molecule has 0 fully saturated rings. The fourth-order valence-electron chi connectivity index (χ4n) is 1.96. The van der Waals surface area contributed by atoms with E-state index in [1.54, 1.807) is 23.6 Å². The maximum atomic E-state index is 6.24. The third kappa shape index (κ3) is 1.70. The van der Waals surface area contributed by atoms with E-state index in [4.69, 9.17) is 23.1 Å². The minimum atomic E-state index is 0.525. The molecule has 5 heteroatoms. The Hall–Kier alpha value is -1.78. The van der Waals surface area contributed by atoms with Crippen molar-refractivity contribution in [3.63, 3.8) is 0 Å². The number of aromatic nitrogens is 1. The molecule has 90 valence electrons. The van der Waals surface area contributed by atoms with Gasteiger partial charge >= 0.3 is 0 Å². The molecule has 0 radical (unpaired) electrons. The second-order valence-electron chi connectivity index (χ2n) is 3.96. The first kappa shape index (κ1) is 11.3. The molecule has 0 aliphatic heterocycles. The van der Waals surface area contributed by atoms with E-state index in [-0.39, 0.29) is 0 Å². The highest BCUT2D eigenvalue weighted by Crippen LogP contribution is 2.39. The normalized spacial score (nSPS) is 10.9. The first-order valence-corrected chi connectivity index (χ1v) is 6.59. The smallest absolute Gasteiger partial charge is 0.132 e. The van der Waals surface area contributed by atoms with Gasteiger partial charge in [-0.25, -0.2) is 4.98 Å². The van der Waals surface area contributed by atoms with Crippen LogP contribution in [0.25, 0.3) is 21.2 Å². The van der Waals surface area contributed by atoms with Crippen LogP contribution in [0.5, 0.6) is 0 Å². The van der Waals surface area contributed by atoms with E-state index < -0.39 is 0 Å². The predicted octanol–water partition coefficient (Wildman–Crippen LogP) is 3.78. The number of pyridine rings is 1. The Morgan fingerprint density at radius 3 is 2.72 bits per heavy atom. The van der Waals surface area contributed by atoms with Crippen molar-refractivity contribution in [2.24, 2.45) is 0 Å². The van der Waals surface area contributed by atoms with Crippen molar-refractivity contribution in [1.29, 1.82) is 0 Å². The van der Waals surface area contributed by atoms with Crippen LogP contribution in [0.3, 0.4) is 0 Å². The van der Waals surface area contributed by atoms with Gasteiger partial charge in [-0.1, -0.05) is 17.7 Å². The van der Waals surface area contributed by atoms with Crippen molar-refractivity contribution in [1.82, 2.24) is 4.98 Å². The highest BCUT2D eigenvalue weighted by atomic mass is 35.5. The lowest BCUT2D eigenvalue weighted by molar-refractivity contribution is 1.38. The number of hydrogen-bond acceptors (Lipinski definition) is 4. The number of nitrogens with zero attached hydrogens (tertiary/aromatic N) is 1. The summed E-state index contributed by atoms with van der Waals surface area (Å²) < 4.78 is 1.10. The van der Waals surface area contributed by atoms with Crippen LogP contribution < -0.4 is 11.5 Å². The number of benzene rings is 1. The molecule has 3 nitrogen and oxygen atoms in total. The third-order valence-corrected chi connectivity index (χ3v) is 4.06. The summed E-state index contributed by atoms with van der Waals surface area (Å²) in [5, 5.41) is 3.62. The molecular weight excluding hydrogens is 266 g/mol. The Morgan fingerprint density at radius 1 is 1.11 bits per heavy atom. The Kier molecular flexibility index (Phi) is 2.61. The number of halogens is 1. The van der Waals surface area contributed by atoms with E-state index in [1.165, 1.54) is 0 Å². The zero-order valence-electron chi connectivity index (χ0n) is 9.35. The molecule has 0 bridgehead atoms. The van der Waals surface area contributed by atoms with Gasteiger partial charge in [-0.2, -0.15) is 0 Å². The van der Waals surface area contributed by atoms with Crippen molar-refractivity contribution in [3.05, 3.63) is 40.9 Å². The fourth-order valence-corrected chi connectivity index (χ4v) is 3.21. The molecule has 0 aliphatic rings. The van der Waals surface area contributed by atoms with Gasteiger partial charge in [0.2, 0.25) is 0 Å². The summed E-state index contributed by atoms with van der Waals surface area (Å²) in [7, 11) is 0. The number of nitrogen functional groups attached to an aromatic ring is 2. The van der Waals surface area contributed by atoms with Gasteiger partial charge in [-0.15, -0.1) is 11.3 Å². The summed E-state index contributed by atoms with van der Waals surface area (Å²) >= 11 is 7.86. The highest BCUT2D eigenvalue weighted by molar-refractivity contribution is 7.17. The number of anilines is 2. The SMILES string of the molecule is Nc1ccc(-c2csc3ccnc(N)c23)c(Cl)c1. The maximum absolute atomic E-state index is 6.24. The summed E-state index contributed by atoms with van der Waals surface area (Å²) in [6, 6.07) is 7.43. The van der Waals surface area contributed by atoms with Gasteiger partial charge < -0.3 is 11.5 Å². The van der Waals surface area contributed by atoms with Crippen LogP contribution in [-0.4, -0.2) is 4.98 Å². The van der Waals surface area contributed by atoms with Gasteiger partial charge in [0.25, 0.3) is 0 Å². The van der Waals surface area contributed by atoms with Gasteiger partial charge in [0.15, 0.2) is 0 Å². The van der Waals surface area contributed by atoms with Crippen LogP contribution in [0.2, 0.25) is 5.02 Å². The van der Waals surface area contributed by atoms with Gasteiger partial charge in [0.05, 0.1) is 5.02 Å². The van der Waals surface area contributed by atoms with Gasteiger partial charge in [0, 0.05) is 33.1 Å². The molecule has 2 heterocycles. The number of rotatable bonds is 1. The van der Waals surface area contributed by atoms with Crippen molar-refractivity contribution in [2.45, 2.75) is 0 Å². The molecule has 0 saturated heterocycles. The summed E-state index contributed by atoms with van der Waals surface area (Å²) in [5.41, 5.74) is 14.2. The number of hydrogen-bond donors (Lipinski definition) is 2. The Morgan fingerprint density at radius 2 is 1.94 bits per heavy atom. The van der Waals surface area contributed by atoms with E-state index in [0.29, 0.717) is 16.5 Å². The Balaban J connectivity index is 2.32. The van der Waals surface area contributed by atoms with Crippen LogP contribution in [0.15, 0.2) is 35.8 Å². The molecule has 0 atom stereocenters. The van der Waals surface area contributed by atoms with Crippen LogP contribution in [0.4, 0.5) is 11.5 Å². The zero-order chi connectivity index (χ0) is 12.7. The standard InChI is InChI=1S/C13H10ClN3S/c14-10-5-7(15)1-2-8(10)9-6-18-11-3-4-17-13(16)12(9)11/h1-6H,15H2,(H2,16,17). The van der Waals surface area contributed by atoms with Crippen LogP contribution in [0.1, 0.15) is 0 Å². The van der Waals surface area contributed by atoms with Crippen LogP contribution in [-0.2, 0) is 0 Å². The van der Waals surface area contributed by atoms with Gasteiger partial charge in [-0.3, -0.25) is 0 Å². The molecule has 3 rings (SSSR count). The highest BCUT2D eigenvalue weighted by Gasteiger charge is 2.12. The van der Waals surface area contributed by atoms with Crippen LogP contribution >= 0.6 is 22.9 Å². The summed E-state index contributed by atoms with van der Waals surface area (Å²) in [6.07, 6.45) is 1.71. The molecule has 0 amide bonds. The fraction of sp³-hybridized carbons (Fsp3) is 0. The lowest BCUT2D eigenvalue weighted by atomic mass is 10.0. The summed E-state index contributed by atoms with van der Waals surface area (Å²) in [5.74, 6) is 0.525. The molecular formula is C13H10ClN3S. The molecule has 3 aromatic rings. The van der Waals surface area contributed by atoms with Crippen molar-refractivity contribution in [3.8, 4) is 11.1 Å². The molecule has 4 N–H and O–H groups in total. The lowest BCUT2D eigenvalue weighted by Crippen LogP contribution is -1.91. The minimum absolute atomic E-state index is 0.525. The average Bonchev–Trinajstić information content (AvgIpc) is 2.74. The number of fused-ring (bicyclic) bond motifs is 1. The van der Waals surface area contributed by atoms with E-state index >= 15 is 0 Å². The summed E-state index contributed by atoms with van der Waals surface area (Å²) in [4.78, 5) is 4.13. The molecule has 1 aromatic carbocycles. The van der Waals surface area contributed by atoms with E-state index in [9.17, 15) is 0 Å². The summed E-state index contributed by atoms with van der Waals surface area (Å²) in [6.45, 7) is 0. The second kappa shape index (κ2) is 4.15.